The van der Waals surface area contributed by atoms with E-state index in [9.17, 15) is 18.7 Å². The monoisotopic (exact) mass is 478 g/mol. The predicted molar refractivity (Wildman–Crippen MR) is 125 cm³/mol. The minimum Gasteiger partial charge on any atom is -0.508 e. The van der Waals surface area contributed by atoms with Crippen molar-refractivity contribution in [3.8, 4) is 16.9 Å². The molecule has 0 unspecified atom stereocenters. The molecular weight excluding hydrogens is 454 g/mol. The van der Waals surface area contributed by atoms with E-state index >= 15 is 0 Å². The topological polar surface area (TPSA) is 90.3 Å². The number of halogens is 2. The average molecular weight is 479 g/mol. The van der Waals surface area contributed by atoms with Crippen molar-refractivity contribution >= 4 is 16.9 Å². The number of nitrogens with zero attached hydrogens (tertiary/aromatic N) is 5. The molecule has 3 aromatic heterocycles. The largest absolute Gasteiger partial charge is 0.508 e. The number of pyridine rings is 1. The maximum absolute atomic E-state index is 14.5. The molecule has 2 aliphatic heterocycles. The van der Waals surface area contributed by atoms with E-state index in [0.29, 0.717) is 30.3 Å². The number of piperidine rings is 1. The first-order valence-corrected chi connectivity index (χ1v) is 11.7. The van der Waals surface area contributed by atoms with Crippen LogP contribution < -0.4 is 0 Å². The third kappa shape index (κ3) is 3.83. The number of rotatable bonds is 4. The van der Waals surface area contributed by atoms with Crippen LogP contribution in [0.2, 0.25) is 0 Å². The van der Waals surface area contributed by atoms with Crippen molar-refractivity contribution in [2.24, 2.45) is 0 Å². The molecule has 35 heavy (non-hydrogen) atoms. The molecule has 0 spiro atoms. The van der Waals surface area contributed by atoms with Gasteiger partial charge in [-0.15, -0.1) is 0 Å². The van der Waals surface area contributed by atoms with Gasteiger partial charge in [0.2, 0.25) is 0 Å². The molecule has 180 valence electrons. The summed E-state index contributed by atoms with van der Waals surface area (Å²) >= 11 is 0. The molecule has 1 aromatic carbocycles. The number of amides is 1. The van der Waals surface area contributed by atoms with Crippen molar-refractivity contribution < 1.29 is 18.7 Å². The Hall–Kier alpha value is -3.79. The van der Waals surface area contributed by atoms with Crippen molar-refractivity contribution in [3.63, 3.8) is 0 Å². The van der Waals surface area contributed by atoms with Crippen LogP contribution >= 0.6 is 0 Å². The minimum atomic E-state index is -0.704. The third-order valence-corrected chi connectivity index (χ3v) is 7.15. The van der Waals surface area contributed by atoms with E-state index in [1.165, 1.54) is 18.3 Å². The first-order chi connectivity index (χ1) is 17.0. The number of hydrogen-bond acceptors (Lipinski definition) is 5. The summed E-state index contributed by atoms with van der Waals surface area (Å²) in [6.45, 7) is 2.80. The van der Waals surface area contributed by atoms with Crippen molar-refractivity contribution in [1.29, 1.82) is 0 Å². The number of phenols is 1. The molecule has 0 radical (unpaired) electrons. The van der Waals surface area contributed by atoms with Gasteiger partial charge in [0.1, 0.15) is 23.0 Å². The Morgan fingerprint density at radius 2 is 1.86 bits per heavy atom. The number of hydrogen-bond donors (Lipinski definition) is 2. The fourth-order valence-corrected chi connectivity index (χ4v) is 5.18. The highest BCUT2D eigenvalue weighted by Gasteiger charge is 2.36. The van der Waals surface area contributed by atoms with Gasteiger partial charge in [0.05, 0.1) is 24.0 Å². The Bertz CT molecular complexity index is 1400. The van der Waals surface area contributed by atoms with E-state index in [0.717, 1.165) is 42.9 Å². The minimum absolute atomic E-state index is 0.0118. The van der Waals surface area contributed by atoms with Gasteiger partial charge in [-0.05, 0) is 31.0 Å². The molecule has 0 saturated carbocycles. The van der Waals surface area contributed by atoms with Gasteiger partial charge in [-0.25, -0.2) is 13.8 Å². The summed E-state index contributed by atoms with van der Waals surface area (Å²) in [5.74, 6) is -1.62. The quantitative estimate of drug-likeness (QED) is 0.468. The highest BCUT2D eigenvalue weighted by atomic mass is 19.1. The van der Waals surface area contributed by atoms with E-state index in [2.05, 4.69) is 20.0 Å². The van der Waals surface area contributed by atoms with Crippen molar-refractivity contribution in [3.05, 3.63) is 66.3 Å². The number of aromatic nitrogens is 4. The summed E-state index contributed by atoms with van der Waals surface area (Å²) in [5, 5.41) is 14.6. The highest BCUT2D eigenvalue weighted by molar-refractivity contribution is 5.95. The van der Waals surface area contributed by atoms with Crippen LogP contribution in [0.25, 0.3) is 22.2 Å². The van der Waals surface area contributed by atoms with Gasteiger partial charge in [-0.1, -0.05) is 0 Å². The second kappa shape index (κ2) is 8.46. The Morgan fingerprint density at radius 3 is 2.63 bits per heavy atom. The van der Waals surface area contributed by atoms with Crippen molar-refractivity contribution in [2.45, 2.75) is 24.9 Å². The van der Waals surface area contributed by atoms with Gasteiger partial charge in [0, 0.05) is 67.2 Å². The standard InChI is InChI=1S/C25H24F2N6O2/c26-21-9-18(34)1-2-19(21)25(35)31-7-4-16(5-8-31)32-13-17(14-32)33-12-15(10-30-33)23-20-3-6-28-24(20)29-11-22(23)27/h1-3,6,9-12,16-17,34H,4-5,7-8,13-14H2,(H,28,29). The number of aromatic hydroxyl groups is 1. The predicted octanol–water partition coefficient (Wildman–Crippen LogP) is 3.57. The van der Waals surface area contributed by atoms with Gasteiger partial charge in [-0.3, -0.25) is 14.4 Å². The fourth-order valence-electron chi connectivity index (χ4n) is 5.18. The van der Waals surface area contributed by atoms with Crippen LogP contribution in [0.15, 0.2) is 49.1 Å². The smallest absolute Gasteiger partial charge is 0.256 e. The number of carbonyl (C=O) groups is 1. The number of carbonyl (C=O) groups excluding carboxylic acids is 1. The zero-order chi connectivity index (χ0) is 24.1. The molecule has 2 saturated heterocycles. The lowest BCUT2D eigenvalue weighted by Crippen LogP contribution is -2.56. The number of nitrogens with one attached hydrogen (secondary N) is 1. The number of likely N-dealkylation sites (tertiary alicyclic amines) is 2. The fraction of sp³-hybridized carbons (Fsp3) is 0.320. The number of phenolic OH excluding ortho intramolecular Hbond substituents is 1. The van der Waals surface area contributed by atoms with Crippen LogP contribution in [0.1, 0.15) is 29.2 Å². The van der Waals surface area contributed by atoms with Gasteiger partial charge in [0.15, 0.2) is 0 Å². The molecule has 2 aliphatic rings. The Kier molecular flexibility index (Phi) is 5.25. The molecule has 5 heterocycles. The molecule has 1 amide bonds. The number of benzene rings is 1. The number of aromatic amines is 1. The first-order valence-electron chi connectivity index (χ1n) is 11.7. The van der Waals surface area contributed by atoms with Gasteiger partial charge in [-0.2, -0.15) is 5.10 Å². The molecule has 0 aliphatic carbocycles. The number of H-pyrrole nitrogens is 1. The molecule has 0 bridgehead atoms. The molecule has 0 atom stereocenters. The van der Waals surface area contributed by atoms with Crippen LogP contribution in [0, 0.1) is 11.6 Å². The highest BCUT2D eigenvalue weighted by Crippen LogP contribution is 2.33. The number of fused-ring (bicyclic) bond motifs is 1. The summed E-state index contributed by atoms with van der Waals surface area (Å²) in [5.41, 5.74) is 1.85. The zero-order valence-corrected chi connectivity index (χ0v) is 18.9. The maximum Gasteiger partial charge on any atom is 0.256 e. The Labute approximate surface area is 199 Å². The molecule has 10 heteroatoms. The summed E-state index contributed by atoms with van der Waals surface area (Å²) in [6, 6.07) is 6.00. The summed E-state index contributed by atoms with van der Waals surface area (Å²) in [6.07, 6.45) is 8.19. The van der Waals surface area contributed by atoms with E-state index in [-0.39, 0.29) is 29.1 Å². The van der Waals surface area contributed by atoms with Crippen LogP contribution in [0.4, 0.5) is 8.78 Å². The van der Waals surface area contributed by atoms with Crippen molar-refractivity contribution in [2.75, 3.05) is 26.2 Å². The van der Waals surface area contributed by atoms with Gasteiger partial charge in [0.25, 0.3) is 5.91 Å². The Balaban J connectivity index is 1.06. The SMILES string of the molecule is O=C(c1ccc(O)cc1F)N1CCC(N2CC(n3cc(-c4c(F)cnc5[nH]ccc45)cn3)C2)CC1. The zero-order valence-electron chi connectivity index (χ0n) is 18.9. The molecule has 4 aromatic rings. The molecule has 8 nitrogen and oxygen atoms in total. The maximum atomic E-state index is 14.5. The summed E-state index contributed by atoms with van der Waals surface area (Å²) in [4.78, 5) is 23.8. The van der Waals surface area contributed by atoms with Crippen LogP contribution in [-0.4, -0.2) is 72.8 Å². The van der Waals surface area contributed by atoms with Crippen LogP contribution in [0.5, 0.6) is 5.75 Å². The average Bonchev–Trinajstić information content (AvgIpc) is 3.48. The lowest BCUT2D eigenvalue weighted by atomic mass is 9.97. The second-order valence-electron chi connectivity index (χ2n) is 9.23. The first kappa shape index (κ1) is 21.7. The molecular formula is C25H24F2N6O2. The Morgan fingerprint density at radius 1 is 1.06 bits per heavy atom. The van der Waals surface area contributed by atoms with Gasteiger partial charge < -0.3 is 15.0 Å². The normalized spacial score (nSPS) is 17.7. The molecule has 6 rings (SSSR count). The lowest BCUT2D eigenvalue weighted by molar-refractivity contribution is 0.0196. The van der Waals surface area contributed by atoms with E-state index in [4.69, 9.17) is 0 Å². The van der Waals surface area contributed by atoms with Crippen molar-refractivity contribution in [1.82, 2.24) is 29.5 Å². The van der Waals surface area contributed by atoms with E-state index in [1.54, 1.807) is 17.3 Å². The van der Waals surface area contributed by atoms with E-state index < -0.39 is 5.82 Å². The third-order valence-electron chi connectivity index (χ3n) is 7.15. The van der Waals surface area contributed by atoms with E-state index in [1.807, 2.05) is 16.9 Å². The second-order valence-corrected chi connectivity index (χ2v) is 9.23. The van der Waals surface area contributed by atoms with Crippen LogP contribution in [-0.2, 0) is 0 Å². The molecule has 2 N–H and O–H groups in total. The molecule has 2 fully saturated rings. The summed E-state index contributed by atoms with van der Waals surface area (Å²) in [7, 11) is 0. The summed E-state index contributed by atoms with van der Waals surface area (Å²) < 4.78 is 30.5. The van der Waals surface area contributed by atoms with Gasteiger partial charge >= 0.3 is 0 Å². The lowest BCUT2D eigenvalue weighted by Gasteiger charge is -2.47. The van der Waals surface area contributed by atoms with Crippen LogP contribution in [0.3, 0.4) is 0 Å².